The molecule has 4 aromatic carbocycles. The lowest BCUT2D eigenvalue weighted by Crippen LogP contribution is -2.17. The van der Waals surface area contributed by atoms with E-state index in [-0.39, 0.29) is 50.2 Å². The van der Waals surface area contributed by atoms with Gasteiger partial charge in [-0.25, -0.2) is 9.59 Å². The minimum Gasteiger partial charge on any atom is -0.478 e. The molecule has 43 heavy (non-hydrogen) atoms. The second-order valence-electron chi connectivity index (χ2n) is 8.57. The van der Waals surface area contributed by atoms with Crippen LogP contribution in [0.3, 0.4) is 0 Å². The van der Waals surface area contributed by atoms with Crippen molar-refractivity contribution < 1.29 is 38.9 Å². The Morgan fingerprint density at radius 3 is 1.60 bits per heavy atom. The molecule has 1 amide bonds. The topological polar surface area (TPSA) is 143 Å². The van der Waals surface area contributed by atoms with E-state index in [9.17, 15) is 24.6 Å². The van der Waals surface area contributed by atoms with Crippen molar-refractivity contribution in [2.24, 2.45) is 0 Å². The van der Waals surface area contributed by atoms with Crippen molar-refractivity contribution in [2.45, 2.75) is 6.61 Å². The monoisotopic (exact) mass is 664 g/mol. The van der Waals surface area contributed by atoms with Gasteiger partial charge < -0.3 is 25.0 Å². The van der Waals surface area contributed by atoms with E-state index in [1.807, 2.05) is 0 Å². The highest BCUT2D eigenvalue weighted by molar-refractivity contribution is 6.39. The summed E-state index contributed by atoms with van der Waals surface area (Å²) in [5, 5.41) is 21.5. The first kappa shape index (κ1) is 31.7. The van der Waals surface area contributed by atoms with Gasteiger partial charge in [-0.15, -0.1) is 0 Å². The number of benzene rings is 4. The largest absolute Gasteiger partial charge is 0.478 e. The average Bonchev–Trinajstić information content (AvgIpc) is 2.97. The van der Waals surface area contributed by atoms with Gasteiger partial charge in [-0.3, -0.25) is 15.1 Å². The zero-order valence-corrected chi connectivity index (χ0v) is 24.7. The van der Waals surface area contributed by atoms with Crippen LogP contribution in [0.4, 0.5) is 11.4 Å². The molecule has 0 aromatic heterocycles. The summed E-state index contributed by atoms with van der Waals surface area (Å²) in [7, 11) is 0. The number of anilines is 2. The van der Waals surface area contributed by atoms with E-state index >= 15 is 0 Å². The highest BCUT2D eigenvalue weighted by Gasteiger charge is 2.23. The van der Waals surface area contributed by atoms with E-state index in [4.69, 9.17) is 60.7 Å². The Labute approximate surface area is 264 Å². The van der Waals surface area contributed by atoms with Gasteiger partial charge in [-0.2, -0.15) is 0 Å². The Morgan fingerprint density at radius 1 is 0.605 bits per heavy atom. The number of carboxylic acids is 2. The fourth-order valence-corrected chi connectivity index (χ4v) is 4.71. The molecule has 0 saturated carbocycles. The van der Waals surface area contributed by atoms with Gasteiger partial charge in [0, 0.05) is 16.3 Å². The van der Waals surface area contributed by atoms with Crippen LogP contribution >= 0.6 is 46.4 Å². The lowest BCUT2D eigenvalue weighted by atomic mass is 10.1. The smallest absolute Gasteiger partial charge is 0.338 e. The molecule has 0 aliphatic carbocycles. The number of hydrogen-bond acceptors (Lipinski definition) is 7. The van der Waals surface area contributed by atoms with Crippen molar-refractivity contribution in [1.82, 2.24) is 0 Å². The van der Waals surface area contributed by atoms with E-state index < -0.39 is 23.4 Å². The minimum atomic E-state index is -1.38. The first-order chi connectivity index (χ1) is 20.5. The van der Waals surface area contributed by atoms with Crippen LogP contribution in [-0.4, -0.2) is 34.9 Å². The van der Waals surface area contributed by atoms with Crippen LogP contribution in [0.1, 0.15) is 36.6 Å². The number of carbonyl (C=O) groups is 3. The lowest BCUT2D eigenvalue weighted by Gasteiger charge is -2.13. The third kappa shape index (κ3) is 8.01. The summed E-state index contributed by atoms with van der Waals surface area (Å²) in [5.41, 5.74) is 3.10. The molecule has 14 heteroatoms. The van der Waals surface area contributed by atoms with E-state index in [2.05, 4.69) is 10.8 Å². The number of aromatic carboxylic acids is 2. The van der Waals surface area contributed by atoms with Crippen molar-refractivity contribution in [3.63, 3.8) is 0 Å². The Kier molecular flexibility index (Phi) is 10.6. The predicted octanol–water partition coefficient (Wildman–Crippen LogP) is 7.91. The molecule has 4 aromatic rings. The molecule has 0 heterocycles. The molecule has 0 radical (unpaired) electrons. The summed E-state index contributed by atoms with van der Waals surface area (Å²) in [6.45, 7) is -0.270. The highest BCUT2D eigenvalue weighted by atomic mass is 35.5. The summed E-state index contributed by atoms with van der Waals surface area (Å²) >= 11 is 24.1. The molecular formula is C29H20Cl4N2O8. The van der Waals surface area contributed by atoms with Crippen LogP contribution in [0.25, 0.3) is 0 Å². The molecule has 0 unspecified atom stereocenters. The number of hydrogen-bond donors (Lipinski definition) is 4. The van der Waals surface area contributed by atoms with Crippen molar-refractivity contribution in [1.29, 1.82) is 0 Å². The highest BCUT2D eigenvalue weighted by Crippen LogP contribution is 2.30. The van der Waals surface area contributed by atoms with Crippen LogP contribution in [0, 0.1) is 0 Å². The first-order valence-electron chi connectivity index (χ1n) is 12.1. The molecular weight excluding hydrogens is 646 g/mol. The van der Waals surface area contributed by atoms with Gasteiger partial charge in [0.05, 0.1) is 37.4 Å². The normalized spacial score (nSPS) is 10.6. The first-order valence-corrected chi connectivity index (χ1v) is 13.6. The van der Waals surface area contributed by atoms with Gasteiger partial charge in [-0.1, -0.05) is 46.4 Å². The molecule has 222 valence electrons. The lowest BCUT2D eigenvalue weighted by molar-refractivity contribution is 0.0682. The van der Waals surface area contributed by atoms with Gasteiger partial charge in [0.25, 0.3) is 5.91 Å². The van der Waals surface area contributed by atoms with Gasteiger partial charge in [-0.05, 0) is 72.8 Å². The predicted molar refractivity (Wildman–Crippen MR) is 162 cm³/mol. The molecule has 4 rings (SSSR count). The number of rotatable bonds is 12. The molecule has 0 spiro atoms. The van der Waals surface area contributed by atoms with Gasteiger partial charge in [0.1, 0.15) is 18.1 Å². The van der Waals surface area contributed by atoms with Crippen LogP contribution < -0.4 is 20.3 Å². The molecule has 0 bridgehead atoms. The van der Waals surface area contributed by atoms with Gasteiger partial charge in [0.2, 0.25) is 6.79 Å². The van der Waals surface area contributed by atoms with Crippen molar-refractivity contribution in [3.8, 4) is 11.5 Å². The van der Waals surface area contributed by atoms with Crippen molar-refractivity contribution in [2.75, 3.05) is 17.6 Å². The van der Waals surface area contributed by atoms with Gasteiger partial charge in [0.15, 0.2) is 0 Å². The van der Waals surface area contributed by atoms with E-state index in [1.54, 1.807) is 48.5 Å². The third-order valence-corrected chi connectivity index (χ3v) is 7.09. The zero-order valence-electron chi connectivity index (χ0n) is 21.7. The van der Waals surface area contributed by atoms with E-state index in [0.29, 0.717) is 22.9 Å². The van der Waals surface area contributed by atoms with Crippen LogP contribution in [0.2, 0.25) is 20.1 Å². The number of amides is 1. The number of halogens is 4. The second-order valence-corrected chi connectivity index (χ2v) is 10.2. The fraction of sp³-hybridized carbons (Fsp3) is 0.0690. The average molecular weight is 666 g/mol. The molecule has 0 fully saturated rings. The van der Waals surface area contributed by atoms with Crippen LogP contribution in [0.5, 0.6) is 11.5 Å². The SMILES string of the molecule is O=C(O)c1c(Cl)ccc(Cl)c1CONc1ccc(OCOc2ccc(NC(=O)c3c(Cl)ccc(Cl)c3C(=O)O)cc2)cc1. The Bertz CT molecular complexity index is 1670. The van der Waals surface area contributed by atoms with Crippen LogP contribution in [0.15, 0.2) is 72.8 Å². The molecule has 0 aliphatic heterocycles. The minimum absolute atomic E-state index is 0.0514. The fourth-order valence-electron chi connectivity index (χ4n) is 3.75. The summed E-state index contributed by atoms with van der Waals surface area (Å²) in [5.74, 6) is -2.39. The maximum absolute atomic E-state index is 12.7. The number of carbonyl (C=O) groups excluding carboxylic acids is 1. The molecule has 10 nitrogen and oxygen atoms in total. The van der Waals surface area contributed by atoms with E-state index in [1.165, 1.54) is 24.3 Å². The summed E-state index contributed by atoms with van der Waals surface area (Å²) in [6, 6.07) is 18.5. The van der Waals surface area contributed by atoms with Crippen molar-refractivity contribution >= 4 is 75.6 Å². The Hall–Kier alpha value is -4.19. The molecule has 0 aliphatic rings. The Morgan fingerprint density at radius 2 is 1.07 bits per heavy atom. The molecule has 0 saturated heterocycles. The quantitative estimate of drug-likeness (QED) is 0.0876. The third-order valence-electron chi connectivity index (χ3n) is 5.79. The Balaban J connectivity index is 1.26. The number of nitrogens with one attached hydrogen (secondary N) is 2. The number of carboxylic acid groups (broad SMARTS) is 2. The summed E-state index contributed by atoms with van der Waals surface area (Å²) in [4.78, 5) is 41.2. The summed E-state index contributed by atoms with van der Waals surface area (Å²) in [6.07, 6.45) is 0. The summed E-state index contributed by atoms with van der Waals surface area (Å²) < 4.78 is 11.2. The maximum atomic E-state index is 12.7. The van der Waals surface area contributed by atoms with Crippen molar-refractivity contribution in [3.05, 3.63) is 115 Å². The molecule has 4 N–H and O–H groups in total. The van der Waals surface area contributed by atoms with Gasteiger partial charge >= 0.3 is 11.9 Å². The maximum Gasteiger partial charge on any atom is 0.338 e. The second kappa shape index (κ2) is 14.3. The standard InChI is InChI=1S/C29H20Cl4N2O8/c30-20-9-10-21(31)24(28(37)38)19(20)13-43-35-16-3-7-18(8-4-16)42-14-41-17-5-1-15(2-6-17)34-27(36)25-22(32)11-12-23(33)26(25)29(39)40/h1-12,35H,13-14H2,(H,34,36)(H,37,38)(H,39,40). The molecule has 0 atom stereocenters. The number of ether oxygens (including phenoxy) is 2. The zero-order chi connectivity index (χ0) is 31.1. The van der Waals surface area contributed by atoms with Crippen LogP contribution in [-0.2, 0) is 11.4 Å². The van der Waals surface area contributed by atoms with E-state index in [0.717, 1.165) is 0 Å².